The van der Waals surface area contributed by atoms with E-state index in [-0.39, 0.29) is 0 Å². The highest BCUT2D eigenvalue weighted by atomic mass is 14.8. The van der Waals surface area contributed by atoms with Crippen LogP contribution in [0.1, 0.15) is 5.69 Å². The van der Waals surface area contributed by atoms with Crippen LogP contribution in [-0.2, 0) is 0 Å². The normalized spacial score (nSPS) is 13.0. The summed E-state index contributed by atoms with van der Waals surface area (Å²) in [6.45, 7) is 14.9. The Kier molecular flexibility index (Phi) is 7.55. The third-order valence-electron chi connectivity index (χ3n) is 2.53. The van der Waals surface area contributed by atoms with E-state index in [1.807, 2.05) is 18.2 Å². The number of allylic oxidation sites excluding steroid dienone is 6. The van der Waals surface area contributed by atoms with E-state index < -0.39 is 0 Å². The predicted octanol–water partition coefficient (Wildman–Crippen LogP) is 4.45. The minimum absolute atomic E-state index is 0.619. The van der Waals surface area contributed by atoms with Gasteiger partial charge in [-0.1, -0.05) is 44.5 Å². The molecular formula is C19H19N3. The monoisotopic (exact) mass is 289 g/mol. The highest BCUT2D eigenvalue weighted by Gasteiger charge is 2.05. The van der Waals surface area contributed by atoms with Crippen molar-refractivity contribution in [3.8, 4) is 0 Å². The lowest BCUT2D eigenvalue weighted by Crippen LogP contribution is -2.04. The summed E-state index contributed by atoms with van der Waals surface area (Å²) < 4.78 is 0. The highest BCUT2D eigenvalue weighted by molar-refractivity contribution is 6.14. The van der Waals surface area contributed by atoms with Gasteiger partial charge in [-0.2, -0.15) is 0 Å². The Morgan fingerprint density at radius 1 is 1.05 bits per heavy atom. The van der Waals surface area contributed by atoms with E-state index in [1.54, 1.807) is 48.9 Å². The van der Waals surface area contributed by atoms with Crippen LogP contribution >= 0.6 is 0 Å². The van der Waals surface area contributed by atoms with Crippen LogP contribution in [0.2, 0.25) is 0 Å². The van der Waals surface area contributed by atoms with E-state index in [2.05, 4.69) is 41.3 Å². The zero-order valence-corrected chi connectivity index (χ0v) is 12.5. The number of nitrogens with zero attached hydrogens (tertiary/aromatic N) is 3. The van der Waals surface area contributed by atoms with Gasteiger partial charge in [-0.25, -0.2) is 4.99 Å². The van der Waals surface area contributed by atoms with Crippen molar-refractivity contribution in [2.75, 3.05) is 0 Å². The smallest absolute Gasteiger partial charge is 0.0893 e. The van der Waals surface area contributed by atoms with E-state index in [9.17, 15) is 0 Å². The van der Waals surface area contributed by atoms with E-state index in [1.165, 1.54) is 0 Å². The topological polar surface area (TPSA) is 37.6 Å². The standard InChI is InChI=1S/C19H19N3/c1-5-9-14-20-16(7-3)19(12-6-2)22-17(8-4)18-13-10-11-15-21-18/h5-15H,1-4H2/b14-9-,19-12-,20-16-,22-17?. The minimum atomic E-state index is 0.619. The summed E-state index contributed by atoms with van der Waals surface area (Å²) in [5, 5.41) is 0. The second-order valence-electron chi connectivity index (χ2n) is 4.00. The molecule has 0 bridgehead atoms. The van der Waals surface area contributed by atoms with Crippen LogP contribution in [0.3, 0.4) is 0 Å². The molecule has 0 fully saturated rings. The van der Waals surface area contributed by atoms with Gasteiger partial charge in [-0.05, 0) is 36.4 Å². The summed E-state index contributed by atoms with van der Waals surface area (Å²) >= 11 is 0. The fraction of sp³-hybridized carbons (Fsp3) is 0. The maximum Gasteiger partial charge on any atom is 0.0893 e. The molecule has 0 saturated heterocycles. The fourth-order valence-electron chi connectivity index (χ4n) is 1.55. The molecule has 0 N–H and O–H groups in total. The Morgan fingerprint density at radius 2 is 1.86 bits per heavy atom. The number of rotatable bonds is 8. The van der Waals surface area contributed by atoms with Crippen molar-refractivity contribution in [3.05, 3.63) is 105 Å². The second kappa shape index (κ2) is 9.77. The van der Waals surface area contributed by atoms with E-state index in [4.69, 9.17) is 0 Å². The maximum absolute atomic E-state index is 4.57. The van der Waals surface area contributed by atoms with Crippen molar-refractivity contribution >= 4 is 11.4 Å². The summed E-state index contributed by atoms with van der Waals surface area (Å²) in [7, 11) is 0. The quantitative estimate of drug-likeness (QED) is 0.514. The first-order valence-corrected chi connectivity index (χ1v) is 6.70. The Hall–Kier alpha value is -3.07. The van der Waals surface area contributed by atoms with Gasteiger partial charge >= 0.3 is 0 Å². The largest absolute Gasteiger partial charge is 0.255 e. The first kappa shape index (κ1) is 17.0. The molecular weight excluding hydrogens is 270 g/mol. The SMILES string of the molecule is C=C\C=C/N=C(C=C)\C(=C\C=C)N=C(C=C)c1ccccn1. The highest BCUT2D eigenvalue weighted by Crippen LogP contribution is 2.08. The molecule has 0 unspecified atom stereocenters. The Bertz CT molecular complexity index is 659. The number of aliphatic imine (C=N–C) groups is 2. The molecule has 0 radical (unpaired) electrons. The van der Waals surface area contributed by atoms with E-state index >= 15 is 0 Å². The molecule has 110 valence electrons. The summed E-state index contributed by atoms with van der Waals surface area (Å²) in [5.74, 6) is 0. The molecule has 0 aliphatic heterocycles. The van der Waals surface area contributed by atoms with Gasteiger partial charge < -0.3 is 0 Å². The third-order valence-corrected chi connectivity index (χ3v) is 2.53. The van der Waals surface area contributed by atoms with Crippen molar-refractivity contribution < 1.29 is 0 Å². The Morgan fingerprint density at radius 3 is 2.41 bits per heavy atom. The fourth-order valence-corrected chi connectivity index (χ4v) is 1.55. The van der Waals surface area contributed by atoms with Gasteiger partial charge in [0, 0.05) is 12.4 Å². The van der Waals surface area contributed by atoms with Gasteiger partial charge in [0.2, 0.25) is 0 Å². The zero-order valence-electron chi connectivity index (χ0n) is 12.5. The average molecular weight is 289 g/mol. The lowest BCUT2D eigenvalue weighted by molar-refractivity contribution is 1.28. The molecule has 22 heavy (non-hydrogen) atoms. The predicted molar refractivity (Wildman–Crippen MR) is 96.2 cm³/mol. The summed E-state index contributed by atoms with van der Waals surface area (Å²) in [5.41, 5.74) is 2.63. The lowest BCUT2D eigenvalue weighted by atomic mass is 10.2. The number of aromatic nitrogens is 1. The van der Waals surface area contributed by atoms with Crippen molar-refractivity contribution in [2.45, 2.75) is 0 Å². The molecule has 0 aliphatic rings. The second-order valence-corrected chi connectivity index (χ2v) is 4.00. The third kappa shape index (κ3) is 5.13. The van der Waals surface area contributed by atoms with Crippen LogP contribution in [0.4, 0.5) is 0 Å². The average Bonchev–Trinajstić information content (AvgIpc) is 2.56. The molecule has 0 saturated carbocycles. The molecule has 0 spiro atoms. The number of hydrogen-bond acceptors (Lipinski definition) is 3. The molecule has 0 amide bonds. The van der Waals surface area contributed by atoms with Crippen molar-refractivity contribution in [3.63, 3.8) is 0 Å². The summed E-state index contributed by atoms with van der Waals surface area (Å²) in [6, 6.07) is 5.61. The van der Waals surface area contributed by atoms with Crippen molar-refractivity contribution in [1.29, 1.82) is 0 Å². The first-order chi connectivity index (χ1) is 10.8. The van der Waals surface area contributed by atoms with Crippen LogP contribution in [-0.4, -0.2) is 16.4 Å². The van der Waals surface area contributed by atoms with Gasteiger partial charge in [0.25, 0.3) is 0 Å². The Labute approximate surface area is 131 Å². The van der Waals surface area contributed by atoms with Crippen LogP contribution in [0.15, 0.2) is 109 Å². The van der Waals surface area contributed by atoms with Crippen LogP contribution in [0, 0.1) is 0 Å². The van der Waals surface area contributed by atoms with Crippen molar-refractivity contribution in [2.24, 2.45) is 9.98 Å². The van der Waals surface area contributed by atoms with Gasteiger partial charge in [-0.3, -0.25) is 9.98 Å². The van der Waals surface area contributed by atoms with E-state index in [0.29, 0.717) is 17.1 Å². The first-order valence-electron chi connectivity index (χ1n) is 6.70. The Balaban J connectivity index is 3.30. The maximum atomic E-state index is 4.57. The molecule has 0 atom stereocenters. The molecule has 1 aromatic heterocycles. The van der Waals surface area contributed by atoms with Gasteiger partial charge in [-0.15, -0.1) is 0 Å². The molecule has 1 heterocycles. The van der Waals surface area contributed by atoms with Crippen LogP contribution < -0.4 is 0 Å². The minimum Gasteiger partial charge on any atom is -0.255 e. The summed E-state index contributed by atoms with van der Waals surface area (Å²) in [6.07, 6.45) is 13.4. The molecule has 1 aromatic rings. The van der Waals surface area contributed by atoms with Gasteiger partial charge in [0.15, 0.2) is 0 Å². The van der Waals surface area contributed by atoms with Gasteiger partial charge in [0.05, 0.1) is 22.8 Å². The summed E-state index contributed by atoms with van der Waals surface area (Å²) in [4.78, 5) is 13.1. The molecule has 0 aromatic carbocycles. The molecule has 0 aliphatic carbocycles. The molecule has 3 heteroatoms. The zero-order chi connectivity index (χ0) is 16.2. The lowest BCUT2D eigenvalue weighted by Gasteiger charge is -2.04. The molecule has 1 rings (SSSR count). The number of hydrogen-bond donors (Lipinski definition) is 0. The van der Waals surface area contributed by atoms with Crippen LogP contribution in [0.5, 0.6) is 0 Å². The van der Waals surface area contributed by atoms with Crippen molar-refractivity contribution in [1.82, 2.24) is 4.98 Å². The van der Waals surface area contributed by atoms with E-state index in [0.717, 1.165) is 5.69 Å². The van der Waals surface area contributed by atoms with Gasteiger partial charge in [0.1, 0.15) is 0 Å². The number of pyridine rings is 1. The van der Waals surface area contributed by atoms with Crippen LogP contribution in [0.25, 0.3) is 0 Å². The molecule has 3 nitrogen and oxygen atoms in total.